The minimum atomic E-state index is -4.33. The number of hydrogen-bond acceptors (Lipinski definition) is 7. The lowest BCUT2D eigenvalue weighted by Crippen LogP contribution is -2.42. The molecular formula is C27H29N3O6S2. The molecule has 9 nitrogen and oxygen atoms in total. The van der Waals surface area contributed by atoms with Gasteiger partial charge in [0.2, 0.25) is 10.0 Å². The molecule has 2 aliphatic carbocycles. The van der Waals surface area contributed by atoms with Crippen molar-refractivity contribution in [3.05, 3.63) is 70.8 Å². The molecule has 2 aromatic rings. The average molecular weight is 556 g/mol. The molecule has 200 valence electrons. The highest BCUT2D eigenvalue weighted by molar-refractivity contribution is 7.92. The third-order valence-electron chi connectivity index (χ3n) is 7.30. The summed E-state index contributed by atoms with van der Waals surface area (Å²) < 4.78 is 55.6. The fourth-order valence-electron chi connectivity index (χ4n) is 5.34. The van der Waals surface area contributed by atoms with Gasteiger partial charge in [0, 0.05) is 11.3 Å². The molecule has 3 aliphatic rings. The summed E-state index contributed by atoms with van der Waals surface area (Å²) in [7, 11) is -7.96. The minimum absolute atomic E-state index is 0.0586. The number of sulfonamides is 2. The smallest absolute Gasteiger partial charge is 0.286 e. The van der Waals surface area contributed by atoms with Crippen LogP contribution in [0.1, 0.15) is 56.6 Å². The molecule has 0 bridgehead atoms. The normalized spacial score (nSPS) is 22.6. The molecule has 2 aromatic carbocycles. The van der Waals surface area contributed by atoms with Crippen molar-refractivity contribution >= 4 is 48.8 Å². The van der Waals surface area contributed by atoms with E-state index in [0.29, 0.717) is 17.5 Å². The standard InChI is InChI=1S/C27H29N3O6S2/c1-27(15-14-17-8-4-3-5-9-17)20-11-7-6-10-19(20)24(31)23(25(27)32)26-28-21-13-12-18(29-37(2,33)34)16-22(21)38(35,36)30-26/h6-7,10-14,16,29,31H,3-5,8-9,15H2,1-2H3,(H,28,30). The maximum absolute atomic E-state index is 14.1. The highest BCUT2D eigenvalue weighted by Gasteiger charge is 2.46. The van der Waals surface area contributed by atoms with E-state index >= 15 is 0 Å². The number of ketones is 1. The van der Waals surface area contributed by atoms with E-state index in [1.807, 2.05) is 19.1 Å². The first-order valence-corrected chi connectivity index (χ1v) is 15.7. The van der Waals surface area contributed by atoms with Gasteiger partial charge in [-0.1, -0.05) is 42.3 Å². The summed E-state index contributed by atoms with van der Waals surface area (Å²) in [6.07, 6.45) is 8.93. The first kappa shape index (κ1) is 26.2. The molecule has 1 unspecified atom stereocenters. The van der Waals surface area contributed by atoms with E-state index in [1.54, 1.807) is 12.1 Å². The summed E-state index contributed by atoms with van der Waals surface area (Å²) in [5, 5.41) is 14.1. The topological polar surface area (TPSA) is 142 Å². The molecule has 0 radical (unpaired) electrons. The van der Waals surface area contributed by atoms with Crippen molar-refractivity contribution in [2.75, 3.05) is 16.3 Å². The van der Waals surface area contributed by atoms with Crippen LogP contribution in [0.3, 0.4) is 0 Å². The number of aliphatic hydroxyl groups excluding tert-OH is 1. The first-order chi connectivity index (χ1) is 17.9. The quantitative estimate of drug-likeness (QED) is 0.456. The lowest BCUT2D eigenvalue weighted by atomic mass is 9.67. The second kappa shape index (κ2) is 9.39. The van der Waals surface area contributed by atoms with Gasteiger partial charge in [0.05, 0.1) is 17.4 Å². The predicted octanol–water partition coefficient (Wildman–Crippen LogP) is 4.66. The Bertz CT molecular complexity index is 1650. The van der Waals surface area contributed by atoms with Crippen molar-refractivity contribution < 1.29 is 26.7 Å². The Hall–Kier alpha value is -3.44. The van der Waals surface area contributed by atoms with Crippen LogP contribution < -0.4 is 10.0 Å². The van der Waals surface area contributed by atoms with Crippen LogP contribution in [0.4, 0.5) is 11.4 Å². The largest absolute Gasteiger partial charge is 0.506 e. The Labute approximate surface area is 222 Å². The summed E-state index contributed by atoms with van der Waals surface area (Å²) in [4.78, 5) is 13.8. The summed E-state index contributed by atoms with van der Waals surface area (Å²) in [6.45, 7) is 1.81. The molecule has 0 spiro atoms. The van der Waals surface area contributed by atoms with Gasteiger partial charge >= 0.3 is 0 Å². The molecule has 0 aromatic heterocycles. The Morgan fingerprint density at radius 2 is 1.84 bits per heavy atom. The molecule has 0 saturated heterocycles. The number of nitrogens with zero attached hydrogens (tertiary/aromatic N) is 1. The van der Waals surface area contributed by atoms with Gasteiger partial charge in [-0.25, -0.2) is 8.42 Å². The van der Waals surface area contributed by atoms with Crippen LogP contribution in [-0.4, -0.2) is 39.8 Å². The van der Waals surface area contributed by atoms with Gasteiger partial charge in [-0.2, -0.15) is 8.42 Å². The van der Waals surface area contributed by atoms with Crippen molar-refractivity contribution in [2.45, 2.75) is 55.8 Å². The number of carbonyl (C=O) groups excluding carboxylic acids is 1. The lowest BCUT2D eigenvalue weighted by molar-refractivity contribution is -0.120. The van der Waals surface area contributed by atoms with Crippen molar-refractivity contribution in [3.63, 3.8) is 0 Å². The molecule has 3 N–H and O–H groups in total. The number of hydrogen-bond donors (Lipinski definition) is 3. The zero-order valence-electron chi connectivity index (χ0n) is 21.1. The van der Waals surface area contributed by atoms with Gasteiger partial charge in [-0.15, -0.1) is 4.40 Å². The van der Waals surface area contributed by atoms with Crippen LogP contribution in [0, 0.1) is 0 Å². The highest BCUT2D eigenvalue weighted by Crippen LogP contribution is 2.44. The average Bonchev–Trinajstić information content (AvgIpc) is 2.86. The van der Waals surface area contributed by atoms with Crippen LogP contribution in [0.5, 0.6) is 0 Å². The van der Waals surface area contributed by atoms with E-state index in [4.69, 9.17) is 0 Å². The third kappa shape index (κ3) is 4.76. The third-order valence-corrected chi connectivity index (χ3v) is 9.22. The first-order valence-electron chi connectivity index (χ1n) is 12.4. The van der Waals surface area contributed by atoms with Crippen molar-refractivity contribution in [1.82, 2.24) is 0 Å². The van der Waals surface area contributed by atoms with E-state index < -0.39 is 31.2 Å². The molecule has 1 saturated carbocycles. The fraction of sp³-hybridized carbons (Fsp3) is 0.333. The number of carbonyl (C=O) groups is 1. The minimum Gasteiger partial charge on any atom is -0.506 e. The van der Waals surface area contributed by atoms with Crippen LogP contribution in [-0.2, 0) is 30.3 Å². The van der Waals surface area contributed by atoms with Gasteiger partial charge in [0.25, 0.3) is 10.0 Å². The zero-order valence-corrected chi connectivity index (χ0v) is 22.7. The Morgan fingerprint density at radius 1 is 1.13 bits per heavy atom. The van der Waals surface area contributed by atoms with E-state index in [2.05, 4.69) is 20.5 Å². The zero-order chi connectivity index (χ0) is 27.3. The molecular weight excluding hydrogens is 526 g/mol. The number of aliphatic hydroxyl groups is 1. The van der Waals surface area contributed by atoms with Crippen LogP contribution >= 0.6 is 0 Å². The number of anilines is 2. The van der Waals surface area contributed by atoms with Gasteiger partial charge in [0.1, 0.15) is 16.2 Å². The fourth-order valence-corrected chi connectivity index (χ4v) is 7.04. The monoisotopic (exact) mass is 555 g/mol. The maximum Gasteiger partial charge on any atom is 0.286 e. The van der Waals surface area contributed by atoms with Gasteiger partial charge in [0.15, 0.2) is 11.6 Å². The van der Waals surface area contributed by atoms with E-state index in [1.165, 1.54) is 24.1 Å². The SMILES string of the molecule is CC1(CC=C2CCCCC2)C(=O)C(C2=NS(=O)(=O)c3cc(NS(C)(=O)=O)ccc3N2)=C(O)c2ccccc21. The number of nitrogens with one attached hydrogen (secondary N) is 2. The Balaban J connectivity index is 1.58. The highest BCUT2D eigenvalue weighted by atomic mass is 32.2. The summed E-state index contributed by atoms with van der Waals surface area (Å²) in [6, 6.07) is 11.0. The number of benzene rings is 2. The van der Waals surface area contributed by atoms with Crippen molar-refractivity contribution in [2.24, 2.45) is 4.40 Å². The molecule has 1 aliphatic heterocycles. The van der Waals surface area contributed by atoms with Gasteiger partial charge < -0.3 is 10.4 Å². The van der Waals surface area contributed by atoms with Gasteiger partial charge in [-0.3, -0.25) is 9.52 Å². The number of fused-ring (bicyclic) bond motifs is 2. The number of allylic oxidation sites excluding steroid dienone is 2. The van der Waals surface area contributed by atoms with Crippen LogP contribution in [0.2, 0.25) is 0 Å². The van der Waals surface area contributed by atoms with E-state index in [0.717, 1.165) is 38.0 Å². The second-order valence-electron chi connectivity index (χ2n) is 10.2. The van der Waals surface area contributed by atoms with Gasteiger partial charge in [-0.05, 0) is 62.8 Å². The summed E-state index contributed by atoms with van der Waals surface area (Å²) in [5.74, 6) is -1.04. The molecule has 0 amide bonds. The molecule has 38 heavy (non-hydrogen) atoms. The lowest BCUT2D eigenvalue weighted by Gasteiger charge is -2.36. The maximum atomic E-state index is 14.1. The van der Waals surface area contributed by atoms with Crippen molar-refractivity contribution in [3.8, 4) is 0 Å². The molecule has 1 atom stereocenters. The van der Waals surface area contributed by atoms with Crippen molar-refractivity contribution in [1.29, 1.82) is 0 Å². The van der Waals surface area contributed by atoms with E-state index in [-0.39, 0.29) is 33.4 Å². The number of rotatable bonds is 5. The Kier molecular flexibility index (Phi) is 6.47. The summed E-state index contributed by atoms with van der Waals surface area (Å²) >= 11 is 0. The van der Waals surface area contributed by atoms with Crippen LogP contribution in [0.15, 0.2) is 69.0 Å². The molecule has 1 heterocycles. The number of amidine groups is 1. The molecule has 5 rings (SSSR count). The Morgan fingerprint density at radius 3 is 2.55 bits per heavy atom. The molecule has 1 fully saturated rings. The number of Topliss-reactive ketones (excluding diaryl/α,β-unsaturated/α-hetero) is 1. The second-order valence-corrected chi connectivity index (χ2v) is 13.5. The van der Waals surface area contributed by atoms with Crippen LogP contribution in [0.25, 0.3) is 5.76 Å². The predicted molar refractivity (Wildman–Crippen MR) is 147 cm³/mol. The van der Waals surface area contributed by atoms with E-state index in [9.17, 15) is 26.7 Å². The molecule has 11 heteroatoms. The summed E-state index contributed by atoms with van der Waals surface area (Å²) in [5.41, 5.74) is 1.38.